The van der Waals surface area contributed by atoms with Gasteiger partial charge in [-0.25, -0.2) is 0 Å². The highest BCUT2D eigenvalue weighted by Crippen LogP contribution is 2.34. The number of aromatic nitrogens is 1. The van der Waals surface area contributed by atoms with E-state index in [9.17, 15) is 5.11 Å². The summed E-state index contributed by atoms with van der Waals surface area (Å²) in [6.45, 7) is 0.102. The van der Waals surface area contributed by atoms with E-state index in [4.69, 9.17) is 9.47 Å². The third-order valence-electron chi connectivity index (χ3n) is 2.99. The molecule has 4 heteroatoms. The van der Waals surface area contributed by atoms with Crippen LogP contribution in [0.2, 0.25) is 0 Å². The minimum absolute atomic E-state index is 0.102. The van der Waals surface area contributed by atoms with E-state index in [1.807, 2.05) is 30.3 Å². The van der Waals surface area contributed by atoms with Crippen LogP contribution in [0.5, 0.6) is 5.75 Å². The summed E-state index contributed by atoms with van der Waals surface area (Å²) in [5.41, 5.74) is -0.165. The molecule has 1 heterocycles. The lowest BCUT2D eigenvalue weighted by atomic mass is 9.90. The molecule has 0 amide bonds. The molecule has 0 radical (unpaired) electrons. The molecule has 0 bridgehead atoms. The molecule has 0 aliphatic carbocycles. The molecular weight excluding hydrogens is 242 g/mol. The van der Waals surface area contributed by atoms with E-state index in [1.165, 1.54) is 0 Å². The molecular formula is C15H17NO3. The van der Waals surface area contributed by atoms with Crippen molar-refractivity contribution in [3.8, 4) is 5.75 Å². The highest BCUT2D eigenvalue weighted by Gasteiger charge is 2.35. The van der Waals surface area contributed by atoms with Crippen LogP contribution in [0, 0.1) is 0 Å². The lowest BCUT2D eigenvalue weighted by Gasteiger charge is -2.28. The molecule has 1 atom stereocenters. The second kappa shape index (κ2) is 5.82. The van der Waals surface area contributed by atoms with Crippen LogP contribution in [0.4, 0.5) is 0 Å². The van der Waals surface area contributed by atoms with Gasteiger partial charge < -0.3 is 14.6 Å². The van der Waals surface area contributed by atoms with Crippen molar-refractivity contribution in [3.63, 3.8) is 0 Å². The molecule has 4 nitrogen and oxygen atoms in total. The number of hydrogen-bond acceptors (Lipinski definition) is 4. The summed E-state index contributed by atoms with van der Waals surface area (Å²) in [4.78, 5) is 4.26. The van der Waals surface area contributed by atoms with Crippen LogP contribution in [0.25, 0.3) is 0 Å². The van der Waals surface area contributed by atoms with Gasteiger partial charge in [-0.1, -0.05) is 30.3 Å². The van der Waals surface area contributed by atoms with Gasteiger partial charge in [-0.15, -0.1) is 0 Å². The van der Waals surface area contributed by atoms with Gasteiger partial charge in [0.05, 0.1) is 13.7 Å². The van der Waals surface area contributed by atoms with Crippen molar-refractivity contribution >= 4 is 0 Å². The molecule has 0 spiro atoms. The largest absolute Gasteiger partial charge is 0.495 e. The number of nitrogens with zero attached hydrogens (tertiary/aromatic N) is 1. The van der Waals surface area contributed by atoms with Crippen molar-refractivity contribution in [3.05, 3.63) is 59.9 Å². The standard InChI is InChI=1S/C15H17NO3/c1-18-11-15(17,12-7-4-3-5-8-12)14-13(19-2)9-6-10-16-14/h3-10,17H,11H2,1-2H3. The smallest absolute Gasteiger partial charge is 0.158 e. The maximum atomic E-state index is 11.0. The summed E-state index contributed by atoms with van der Waals surface area (Å²) < 4.78 is 10.5. The molecule has 2 rings (SSSR count). The average molecular weight is 259 g/mol. The predicted octanol–water partition coefficient (Wildman–Crippen LogP) is 1.97. The predicted molar refractivity (Wildman–Crippen MR) is 72.1 cm³/mol. The zero-order chi connectivity index (χ0) is 13.7. The van der Waals surface area contributed by atoms with E-state index in [0.717, 1.165) is 0 Å². The third-order valence-corrected chi connectivity index (χ3v) is 2.99. The molecule has 1 unspecified atom stereocenters. The summed E-state index contributed by atoms with van der Waals surface area (Å²) in [6, 6.07) is 12.8. The van der Waals surface area contributed by atoms with Gasteiger partial charge in [0.25, 0.3) is 0 Å². The van der Waals surface area contributed by atoms with Crippen LogP contribution in [-0.4, -0.2) is 30.9 Å². The van der Waals surface area contributed by atoms with Gasteiger partial charge in [-0.2, -0.15) is 0 Å². The number of aliphatic hydroxyl groups is 1. The molecule has 0 aliphatic heterocycles. The first-order chi connectivity index (χ1) is 9.22. The minimum Gasteiger partial charge on any atom is -0.495 e. The quantitative estimate of drug-likeness (QED) is 0.892. The van der Waals surface area contributed by atoms with E-state index < -0.39 is 5.60 Å². The molecule has 0 fully saturated rings. The third kappa shape index (κ3) is 2.59. The van der Waals surface area contributed by atoms with Crippen LogP contribution in [0.15, 0.2) is 48.7 Å². The second-order valence-electron chi connectivity index (χ2n) is 4.21. The normalized spacial score (nSPS) is 13.8. The Morgan fingerprint density at radius 1 is 1.11 bits per heavy atom. The number of ether oxygens (including phenoxy) is 2. The Morgan fingerprint density at radius 3 is 2.47 bits per heavy atom. The molecule has 100 valence electrons. The molecule has 0 saturated carbocycles. The second-order valence-corrected chi connectivity index (χ2v) is 4.21. The first-order valence-electron chi connectivity index (χ1n) is 5.98. The summed E-state index contributed by atoms with van der Waals surface area (Å²) >= 11 is 0. The number of rotatable bonds is 5. The molecule has 1 N–H and O–H groups in total. The molecule has 0 saturated heterocycles. The Balaban J connectivity index is 2.56. The fourth-order valence-corrected chi connectivity index (χ4v) is 2.08. The first kappa shape index (κ1) is 13.5. The van der Waals surface area contributed by atoms with Gasteiger partial charge >= 0.3 is 0 Å². The summed E-state index contributed by atoms with van der Waals surface area (Å²) in [5, 5.41) is 11.0. The Hall–Kier alpha value is -1.91. The highest BCUT2D eigenvalue weighted by atomic mass is 16.5. The van der Waals surface area contributed by atoms with Crippen LogP contribution in [0.1, 0.15) is 11.3 Å². The Labute approximate surface area is 112 Å². The topological polar surface area (TPSA) is 51.6 Å². The number of benzene rings is 1. The van der Waals surface area contributed by atoms with Crippen molar-refractivity contribution < 1.29 is 14.6 Å². The van der Waals surface area contributed by atoms with E-state index in [1.54, 1.807) is 32.5 Å². The van der Waals surface area contributed by atoms with Crippen LogP contribution < -0.4 is 4.74 Å². The summed E-state index contributed by atoms with van der Waals surface area (Å²) in [5.74, 6) is 0.533. The van der Waals surface area contributed by atoms with Crippen molar-refractivity contribution in [1.82, 2.24) is 4.98 Å². The lowest BCUT2D eigenvalue weighted by Crippen LogP contribution is -2.34. The SMILES string of the molecule is COCC(O)(c1ccccc1)c1ncccc1OC. The van der Waals surface area contributed by atoms with Gasteiger partial charge in [-0.05, 0) is 17.7 Å². The van der Waals surface area contributed by atoms with Crippen LogP contribution in [-0.2, 0) is 10.3 Å². The van der Waals surface area contributed by atoms with Gasteiger partial charge in [-0.3, -0.25) is 4.98 Å². The Morgan fingerprint density at radius 2 is 1.84 bits per heavy atom. The van der Waals surface area contributed by atoms with Crippen molar-refractivity contribution in [2.75, 3.05) is 20.8 Å². The number of methoxy groups -OCH3 is 2. The molecule has 2 aromatic rings. The fourth-order valence-electron chi connectivity index (χ4n) is 2.08. The van der Waals surface area contributed by atoms with Crippen LogP contribution in [0.3, 0.4) is 0 Å². The van der Waals surface area contributed by atoms with E-state index in [2.05, 4.69) is 4.98 Å². The highest BCUT2D eigenvalue weighted by molar-refractivity contribution is 5.40. The maximum absolute atomic E-state index is 11.0. The monoisotopic (exact) mass is 259 g/mol. The van der Waals surface area contributed by atoms with Gasteiger partial charge in [0.2, 0.25) is 0 Å². The average Bonchev–Trinajstić information content (AvgIpc) is 2.48. The molecule has 1 aromatic heterocycles. The minimum atomic E-state index is -1.33. The van der Waals surface area contributed by atoms with Crippen molar-refractivity contribution in [2.24, 2.45) is 0 Å². The Kier molecular flexibility index (Phi) is 4.14. The fraction of sp³-hybridized carbons (Fsp3) is 0.267. The van der Waals surface area contributed by atoms with Gasteiger partial charge in [0.15, 0.2) is 5.60 Å². The molecule has 19 heavy (non-hydrogen) atoms. The van der Waals surface area contributed by atoms with Gasteiger partial charge in [0.1, 0.15) is 11.4 Å². The van der Waals surface area contributed by atoms with Crippen molar-refractivity contribution in [2.45, 2.75) is 5.60 Å². The maximum Gasteiger partial charge on any atom is 0.158 e. The molecule has 1 aromatic carbocycles. The lowest BCUT2D eigenvalue weighted by molar-refractivity contribution is -0.00800. The zero-order valence-corrected chi connectivity index (χ0v) is 11.0. The number of hydrogen-bond donors (Lipinski definition) is 1. The summed E-state index contributed by atoms with van der Waals surface area (Å²) in [7, 11) is 3.10. The van der Waals surface area contributed by atoms with E-state index >= 15 is 0 Å². The Bertz CT molecular complexity index is 530. The zero-order valence-electron chi connectivity index (χ0n) is 11.0. The van der Waals surface area contributed by atoms with E-state index in [-0.39, 0.29) is 6.61 Å². The molecule has 0 aliphatic rings. The van der Waals surface area contributed by atoms with Crippen LogP contribution >= 0.6 is 0 Å². The van der Waals surface area contributed by atoms with Gasteiger partial charge in [0, 0.05) is 13.3 Å². The summed E-state index contributed by atoms with van der Waals surface area (Å²) in [6.07, 6.45) is 1.63. The van der Waals surface area contributed by atoms with Crippen molar-refractivity contribution in [1.29, 1.82) is 0 Å². The number of pyridine rings is 1. The first-order valence-corrected chi connectivity index (χ1v) is 5.98. The van der Waals surface area contributed by atoms with E-state index in [0.29, 0.717) is 17.0 Å².